The van der Waals surface area contributed by atoms with Crippen molar-refractivity contribution in [3.8, 4) is 0 Å². The van der Waals surface area contributed by atoms with Crippen LogP contribution in [-0.4, -0.2) is 24.0 Å². The number of hydrogen-bond acceptors (Lipinski definition) is 4. The van der Waals surface area contributed by atoms with Crippen LogP contribution in [0.5, 0.6) is 0 Å². The van der Waals surface area contributed by atoms with Crippen LogP contribution < -0.4 is 0 Å². The number of aryl methyl sites for hydroxylation is 1. The van der Waals surface area contributed by atoms with E-state index in [9.17, 15) is 4.79 Å². The molecule has 2 aliphatic heterocycles. The Hall–Kier alpha value is -1.81. The average molecular weight is 370 g/mol. The summed E-state index contributed by atoms with van der Waals surface area (Å²) in [6, 6.07) is 10.4. The molecule has 0 saturated heterocycles. The predicted octanol–water partition coefficient (Wildman–Crippen LogP) is 4.92. The van der Waals surface area contributed by atoms with Gasteiger partial charge >= 0.3 is 5.97 Å². The Labute approximate surface area is 161 Å². The van der Waals surface area contributed by atoms with E-state index in [2.05, 4.69) is 12.1 Å². The van der Waals surface area contributed by atoms with E-state index in [0.717, 1.165) is 18.6 Å². The summed E-state index contributed by atoms with van der Waals surface area (Å²) in [7, 11) is 0. The summed E-state index contributed by atoms with van der Waals surface area (Å²) in [5.41, 5.74) is 1.87. The number of ether oxygens (including phenoxy) is 3. The van der Waals surface area contributed by atoms with Crippen LogP contribution in [0.1, 0.15) is 64.4 Å². The summed E-state index contributed by atoms with van der Waals surface area (Å²) in [6.07, 6.45) is 8.54. The maximum Gasteiger partial charge on any atom is 0.343 e. The Morgan fingerprint density at radius 2 is 1.78 bits per heavy atom. The van der Waals surface area contributed by atoms with Gasteiger partial charge in [-0.1, -0.05) is 49.6 Å². The highest BCUT2D eigenvalue weighted by Gasteiger charge is 2.45. The molecule has 3 aliphatic rings. The lowest BCUT2D eigenvalue weighted by atomic mass is 9.81. The summed E-state index contributed by atoms with van der Waals surface area (Å²) in [6.45, 7) is 3.61. The van der Waals surface area contributed by atoms with Crippen molar-refractivity contribution in [2.75, 3.05) is 0 Å². The van der Waals surface area contributed by atoms with Crippen molar-refractivity contribution in [2.24, 2.45) is 5.92 Å². The lowest BCUT2D eigenvalue weighted by molar-refractivity contribution is -0.219. The van der Waals surface area contributed by atoms with E-state index < -0.39 is 5.79 Å². The minimum Gasteiger partial charge on any atom is -0.456 e. The van der Waals surface area contributed by atoms with Gasteiger partial charge in [0, 0.05) is 20.3 Å². The number of carbonyl (C=O) groups excluding carboxylic acids is 1. The summed E-state index contributed by atoms with van der Waals surface area (Å²) < 4.78 is 18.1. The molecule has 0 N–H and O–H groups in total. The summed E-state index contributed by atoms with van der Waals surface area (Å²) in [5.74, 6) is 0.197. The van der Waals surface area contributed by atoms with Crippen molar-refractivity contribution < 1.29 is 19.0 Å². The van der Waals surface area contributed by atoms with Gasteiger partial charge in [0.25, 0.3) is 0 Å². The van der Waals surface area contributed by atoms with Crippen LogP contribution in [0.2, 0.25) is 0 Å². The van der Waals surface area contributed by atoms with Gasteiger partial charge < -0.3 is 14.2 Å². The Bertz CT molecular complexity index is 700. The molecule has 0 bridgehead atoms. The first-order chi connectivity index (χ1) is 13.0. The smallest absolute Gasteiger partial charge is 0.343 e. The summed E-state index contributed by atoms with van der Waals surface area (Å²) in [4.78, 5) is 12.7. The third-order valence-electron chi connectivity index (χ3n) is 5.99. The van der Waals surface area contributed by atoms with Gasteiger partial charge in [-0.15, -0.1) is 0 Å². The van der Waals surface area contributed by atoms with E-state index in [-0.39, 0.29) is 18.2 Å². The second-order valence-electron chi connectivity index (χ2n) is 8.52. The highest BCUT2D eigenvalue weighted by Crippen LogP contribution is 2.41. The zero-order valence-electron chi connectivity index (χ0n) is 16.4. The Morgan fingerprint density at radius 3 is 2.52 bits per heavy atom. The van der Waals surface area contributed by atoms with Crippen LogP contribution in [0.4, 0.5) is 0 Å². The molecule has 0 spiro atoms. The van der Waals surface area contributed by atoms with E-state index >= 15 is 0 Å². The first kappa shape index (κ1) is 18.5. The quantitative estimate of drug-likeness (QED) is 0.706. The van der Waals surface area contributed by atoms with Crippen LogP contribution in [0.15, 0.2) is 41.7 Å². The van der Waals surface area contributed by atoms with Crippen molar-refractivity contribution in [2.45, 2.75) is 83.2 Å². The van der Waals surface area contributed by atoms with Crippen molar-refractivity contribution in [3.05, 3.63) is 47.2 Å². The van der Waals surface area contributed by atoms with Gasteiger partial charge in [0.1, 0.15) is 11.3 Å². The van der Waals surface area contributed by atoms with E-state index in [1.807, 2.05) is 18.2 Å². The molecule has 2 heterocycles. The first-order valence-electron chi connectivity index (χ1n) is 10.4. The number of benzene rings is 1. The molecule has 27 heavy (non-hydrogen) atoms. The van der Waals surface area contributed by atoms with Gasteiger partial charge in [0.15, 0.2) is 0 Å². The molecule has 1 aromatic rings. The highest BCUT2D eigenvalue weighted by molar-refractivity contribution is 5.91. The number of carbonyl (C=O) groups is 1. The standard InChI is InChI=1S/C23H30O4/c1-23(2)26-20-15-19(17-11-7-4-8-12-17)25-18(21(20)22(24)27-23)14-13-16-9-5-3-6-10-16/h3,5-6,9-10,17-19H,4,7-8,11-15H2,1-2H3/t18-,19-/m1/s1. The van der Waals surface area contributed by atoms with Gasteiger partial charge in [-0.3, -0.25) is 0 Å². The molecule has 146 valence electrons. The fourth-order valence-electron chi connectivity index (χ4n) is 4.68. The predicted molar refractivity (Wildman–Crippen MR) is 103 cm³/mol. The molecular weight excluding hydrogens is 340 g/mol. The Kier molecular flexibility index (Phi) is 5.27. The topological polar surface area (TPSA) is 44.8 Å². The molecular formula is C23H30O4. The third-order valence-corrected chi connectivity index (χ3v) is 5.99. The molecule has 2 atom stereocenters. The molecule has 0 aromatic heterocycles. The highest BCUT2D eigenvalue weighted by atomic mass is 16.7. The fraction of sp³-hybridized carbons (Fsp3) is 0.609. The molecule has 1 saturated carbocycles. The van der Waals surface area contributed by atoms with Crippen LogP contribution in [0, 0.1) is 5.92 Å². The molecule has 1 aliphatic carbocycles. The summed E-state index contributed by atoms with van der Waals surface area (Å²) in [5, 5.41) is 0. The van der Waals surface area contributed by atoms with Gasteiger partial charge in [-0.25, -0.2) is 4.79 Å². The lowest BCUT2D eigenvalue weighted by Crippen LogP contribution is -2.46. The average Bonchev–Trinajstić information content (AvgIpc) is 2.66. The number of hydrogen-bond donors (Lipinski definition) is 0. The van der Waals surface area contributed by atoms with Gasteiger partial charge in [0.05, 0.1) is 12.2 Å². The monoisotopic (exact) mass is 370 g/mol. The number of esters is 1. The molecule has 0 amide bonds. The number of rotatable bonds is 4. The largest absolute Gasteiger partial charge is 0.456 e. The van der Waals surface area contributed by atoms with Crippen molar-refractivity contribution in [1.29, 1.82) is 0 Å². The molecule has 1 fully saturated rings. The molecule has 0 radical (unpaired) electrons. The van der Waals surface area contributed by atoms with Crippen molar-refractivity contribution in [1.82, 2.24) is 0 Å². The van der Waals surface area contributed by atoms with E-state index in [1.54, 1.807) is 13.8 Å². The van der Waals surface area contributed by atoms with Gasteiger partial charge in [0.2, 0.25) is 5.79 Å². The van der Waals surface area contributed by atoms with E-state index in [0.29, 0.717) is 17.9 Å². The Balaban J connectivity index is 1.56. The molecule has 4 heteroatoms. The normalized spacial score (nSPS) is 28.3. The molecule has 1 aromatic carbocycles. The zero-order valence-corrected chi connectivity index (χ0v) is 16.4. The van der Waals surface area contributed by atoms with Crippen molar-refractivity contribution >= 4 is 5.97 Å². The zero-order chi connectivity index (χ0) is 18.9. The minimum absolute atomic E-state index is 0.145. The van der Waals surface area contributed by atoms with Crippen LogP contribution in [0.25, 0.3) is 0 Å². The molecule has 4 nitrogen and oxygen atoms in total. The lowest BCUT2D eigenvalue weighted by Gasteiger charge is -2.43. The fourth-order valence-corrected chi connectivity index (χ4v) is 4.68. The second kappa shape index (κ2) is 7.67. The van der Waals surface area contributed by atoms with Gasteiger partial charge in [-0.05, 0) is 37.2 Å². The third kappa shape index (κ3) is 4.21. The summed E-state index contributed by atoms with van der Waals surface area (Å²) >= 11 is 0. The van der Waals surface area contributed by atoms with E-state index in [4.69, 9.17) is 14.2 Å². The second-order valence-corrected chi connectivity index (χ2v) is 8.52. The first-order valence-corrected chi connectivity index (χ1v) is 10.4. The number of cyclic esters (lactones) is 1. The van der Waals surface area contributed by atoms with Crippen LogP contribution in [0.3, 0.4) is 0 Å². The Morgan fingerprint density at radius 1 is 1.04 bits per heavy atom. The molecule has 4 rings (SSSR count). The SMILES string of the molecule is CC1(C)OC(=O)C2=C(C[C@H](C3CCCCC3)O[C@@H]2CCc2ccccc2)O1. The van der Waals surface area contributed by atoms with Crippen LogP contribution in [-0.2, 0) is 25.4 Å². The van der Waals surface area contributed by atoms with E-state index in [1.165, 1.54) is 37.7 Å². The minimum atomic E-state index is -0.894. The maximum atomic E-state index is 12.7. The van der Waals surface area contributed by atoms with Crippen LogP contribution >= 0.6 is 0 Å². The molecule has 0 unspecified atom stereocenters. The van der Waals surface area contributed by atoms with Crippen molar-refractivity contribution in [3.63, 3.8) is 0 Å². The maximum absolute atomic E-state index is 12.7. The van der Waals surface area contributed by atoms with Gasteiger partial charge in [-0.2, -0.15) is 0 Å².